The second kappa shape index (κ2) is 7.03. The molecule has 6 nitrogen and oxygen atoms in total. The van der Waals surface area contributed by atoms with Crippen molar-refractivity contribution < 1.29 is 14.4 Å². The number of hydrogen-bond donors (Lipinski definition) is 2. The molecular formula is C22H33N3O3. The van der Waals surface area contributed by atoms with Gasteiger partial charge < -0.3 is 10.6 Å². The molecule has 5 saturated carbocycles. The molecule has 0 spiro atoms. The summed E-state index contributed by atoms with van der Waals surface area (Å²) in [5.41, 5.74) is 0.293. The fraction of sp³-hybridized carbons (Fsp3) is 0.864. The van der Waals surface area contributed by atoms with Gasteiger partial charge in [-0.2, -0.15) is 0 Å². The molecule has 1 heterocycles. The van der Waals surface area contributed by atoms with Gasteiger partial charge >= 0.3 is 6.03 Å². The van der Waals surface area contributed by atoms with Crippen molar-refractivity contribution in [3.8, 4) is 0 Å². The predicted octanol–water partition coefficient (Wildman–Crippen LogP) is 2.96. The highest BCUT2D eigenvalue weighted by Crippen LogP contribution is 2.59. The third-order valence-corrected chi connectivity index (χ3v) is 8.21. The lowest BCUT2D eigenvalue weighted by Gasteiger charge is -2.56. The Labute approximate surface area is 167 Å². The Balaban J connectivity index is 1.15. The highest BCUT2D eigenvalue weighted by atomic mass is 16.2. The maximum atomic E-state index is 12.7. The van der Waals surface area contributed by atoms with Gasteiger partial charge in [0.05, 0.1) is 6.42 Å². The van der Waals surface area contributed by atoms with Gasteiger partial charge in [0, 0.05) is 12.6 Å². The van der Waals surface area contributed by atoms with Gasteiger partial charge in [0.25, 0.3) is 5.91 Å². The molecule has 6 rings (SSSR count). The first kappa shape index (κ1) is 18.4. The van der Waals surface area contributed by atoms with E-state index in [9.17, 15) is 14.4 Å². The van der Waals surface area contributed by atoms with Crippen LogP contribution < -0.4 is 10.6 Å². The fourth-order valence-corrected chi connectivity index (χ4v) is 7.42. The molecule has 4 amide bonds. The molecule has 1 aliphatic heterocycles. The normalized spacial score (nSPS) is 40.1. The van der Waals surface area contributed by atoms with Crippen LogP contribution in [0.3, 0.4) is 0 Å². The van der Waals surface area contributed by atoms with Gasteiger partial charge in [-0.3, -0.25) is 14.5 Å². The van der Waals surface area contributed by atoms with E-state index < -0.39 is 6.04 Å². The highest BCUT2D eigenvalue weighted by molar-refractivity contribution is 6.06. The van der Waals surface area contributed by atoms with Crippen molar-refractivity contribution in [2.24, 2.45) is 23.2 Å². The molecule has 1 saturated heterocycles. The summed E-state index contributed by atoms with van der Waals surface area (Å²) in [5, 5.41) is 5.89. The molecule has 28 heavy (non-hydrogen) atoms. The van der Waals surface area contributed by atoms with Crippen molar-refractivity contribution in [1.29, 1.82) is 0 Å². The number of nitrogens with one attached hydrogen (secondary N) is 2. The minimum absolute atomic E-state index is 0.0151. The van der Waals surface area contributed by atoms with Crippen LogP contribution in [0.2, 0.25) is 0 Å². The Morgan fingerprint density at radius 2 is 1.61 bits per heavy atom. The van der Waals surface area contributed by atoms with E-state index in [1.165, 1.54) is 49.8 Å². The zero-order valence-corrected chi connectivity index (χ0v) is 16.8. The maximum Gasteiger partial charge on any atom is 0.325 e. The Bertz CT molecular complexity index is 635. The molecule has 0 radical (unpaired) electrons. The Morgan fingerprint density at radius 3 is 2.21 bits per heavy atom. The van der Waals surface area contributed by atoms with Gasteiger partial charge in [0.15, 0.2) is 0 Å². The summed E-state index contributed by atoms with van der Waals surface area (Å²) < 4.78 is 0. The summed E-state index contributed by atoms with van der Waals surface area (Å²) in [6, 6.07) is -0.983. The molecular weight excluding hydrogens is 354 g/mol. The lowest BCUT2D eigenvalue weighted by atomic mass is 9.49. The van der Waals surface area contributed by atoms with Crippen molar-refractivity contribution in [2.75, 3.05) is 6.54 Å². The first-order valence-corrected chi connectivity index (χ1v) is 11.4. The number of rotatable bonds is 5. The SMILES string of the molecule is O=C(C[C@H]1NC(=O)N(C2CCCCC2)C1=O)NCC12CC3CC(CC(C3)C1)C2. The largest absolute Gasteiger partial charge is 0.355 e. The number of carbonyl (C=O) groups excluding carboxylic acids is 3. The van der Waals surface area contributed by atoms with Gasteiger partial charge in [-0.25, -0.2) is 4.79 Å². The number of hydrogen-bond acceptors (Lipinski definition) is 3. The van der Waals surface area contributed by atoms with Crippen molar-refractivity contribution in [3.63, 3.8) is 0 Å². The standard InChI is InChI=1S/C22H33N3O3/c26-19(23-13-22-10-14-6-15(11-22)8-16(7-14)12-22)9-18-20(27)25(21(28)24-18)17-4-2-1-3-5-17/h14-18H,1-13H2,(H,23,26)(H,24,28)/t14?,15?,16?,18-,22?/m1/s1. The monoisotopic (exact) mass is 387 g/mol. The minimum atomic E-state index is -0.689. The van der Waals surface area contributed by atoms with Gasteiger partial charge in [-0.1, -0.05) is 19.3 Å². The summed E-state index contributed by atoms with van der Waals surface area (Å²) in [5.74, 6) is 2.29. The van der Waals surface area contributed by atoms with E-state index in [4.69, 9.17) is 0 Å². The summed E-state index contributed by atoms with van der Waals surface area (Å²) >= 11 is 0. The van der Waals surface area contributed by atoms with Gasteiger partial charge in [-0.05, 0) is 74.5 Å². The average molecular weight is 388 g/mol. The molecule has 6 heteroatoms. The van der Waals surface area contributed by atoms with Crippen LogP contribution in [-0.2, 0) is 9.59 Å². The lowest BCUT2D eigenvalue weighted by Crippen LogP contribution is -2.51. The molecule has 0 aromatic carbocycles. The van der Waals surface area contributed by atoms with E-state index >= 15 is 0 Å². The zero-order valence-electron chi connectivity index (χ0n) is 16.8. The highest BCUT2D eigenvalue weighted by Gasteiger charge is 2.51. The van der Waals surface area contributed by atoms with Crippen LogP contribution in [-0.4, -0.2) is 41.4 Å². The number of nitrogens with zero attached hydrogens (tertiary/aromatic N) is 1. The summed E-state index contributed by atoms with van der Waals surface area (Å²) in [6.07, 6.45) is 13.1. The third-order valence-electron chi connectivity index (χ3n) is 8.21. The van der Waals surface area contributed by atoms with Gasteiger partial charge in [0.2, 0.25) is 5.91 Å². The fourth-order valence-electron chi connectivity index (χ4n) is 7.42. The molecule has 1 atom stereocenters. The van der Waals surface area contributed by atoms with Crippen LogP contribution in [0, 0.1) is 23.2 Å². The Hall–Kier alpha value is -1.59. The summed E-state index contributed by atoms with van der Waals surface area (Å²) in [7, 11) is 0. The second-order valence-electron chi connectivity index (χ2n) is 10.4. The van der Waals surface area contributed by atoms with Crippen LogP contribution in [0.4, 0.5) is 4.79 Å². The van der Waals surface area contributed by atoms with Crippen molar-refractivity contribution in [1.82, 2.24) is 15.5 Å². The molecule has 6 fully saturated rings. The summed E-state index contributed by atoms with van der Waals surface area (Å²) in [4.78, 5) is 39.1. The van der Waals surface area contributed by atoms with Crippen LogP contribution >= 0.6 is 0 Å². The maximum absolute atomic E-state index is 12.7. The van der Waals surface area contributed by atoms with Crippen LogP contribution in [0.1, 0.15) is 77.0 Å². The zero-order chi connectivity index (χ0) is 19.3. The third kappa shape index (κ3) is 3.33. The molecule has 5 aliphatic carbocycles. The van der Waals surface area contributed by atoms with Crippen molar-refractivity contribution in [2.45, 2.75) is 89.1 Å². The molecule has 2 N–H and O–H groups in total. The second-order valence-corrected chi connectivity index (χ2v) is 10.4. The Morgan fingerprint density at radius 1 is 1.00 bits per heavy atom. The van der Waals surface area contributed by atoms with E-state index in [0.29, 0.717) is 5.41 Å². The topological polar surface area (TPSA) is 78.5 Å². The van der Waals surface area contributed by atoms with E-state index in [-0.39, 0.29) is 30.3 Å². The van der Waals surface area contributed by atoms with E-state index in [0.717, 1.165) is 50.0 Å². The van der Waals surface area contributed by atoms with E-state index in [2.05, 4.69) is 10.6 Å². The lowest BCUT2D eigenvalue weighted by molar-refractivity contribution is -0.132. The van der Waals surface area contributed by atoms with Crippen molar-refractivity contribution >= 4 is 17.8 Å². The molecule has 0 aromatic heterocycles. The Kier molecular flexibility index (Phi) is 4.63. The van der Waals surface area contributed by atoms with Gasteiger partial charge in [-0.15, -0.1) is 0 Å². The van der Waals surface area contributed by atoms with Crippen LogP contribution in [0.5, 0.6) is 0 Å². The number of carbonyl (C=O) groups is 3. The quantitative estimate of drug-likeness (QED) is 0.712. The van der Waals surface area contributed by atoms with Gasteiger partial charge in [0.1, 0.15) is 6.04 Å². The van der Waals surface area contributed by atoms with Crippen LogP contribution in [0.25, 0.3) is 0 Å². The summed E-state index contributed by atoms with van der Waals surface area (Å²) in [6.45, 7) is 0.747. The number of urea groups is 1. The first-order valence-electron chi connectivity index (χ1n) is 11.4. The smallest absolute Gasteiger partial charge is 0.325 e. The number of imide groups is 1. The first-order chi connectivity index (χ1) is 13.5. The molecule has 4 bridgehead atoms. The molecule has 6 aliphatic rings. The van der Waals surface area contributed by atoms with Crippen molar-refractivity contribution in [3.05, 3.63) is 0 Å². The molecule has 154 valence electrons. The molecule has 0 aromatic rings. The minimum Gasteiger partial charge on any atom is -0.355 e. The average Bonchev–Trinajstić information content (AvgIpc) is 2.93. The van der Waals surface area contributed by atoms with Crippen LogP contribution in [0.15, 0.2) is 0 Å². The molecule has 0 unspecified atom stereocenters. The van der Waals surface area contributed by atoms with E-state index in [1.54, 1.807) is 0 Å². The predicted molar refractivity (Wildman–Crippen MR) is 104 cm³/mol. The number of amides is 4. The van der Waals surface area contributed by atoms with E-state index in [1.807, 2.05) is 0 Å².